The van der Waals surface area contributed by atoms with Crippen molar-refractivity contribution in [3.8, 4) is 16.9 Å². The molecule has 0 unspecified atom stereocenters. The number of hydrogen-bond acceptors (Lipinski definition) is 2. The summed E-state index contributed by atoms with van der Waals surface area (Å²) in [6.45, 7) is 0.188. The van der Waals surface area contributed by atoms with Crippen LogP contribution in [0.15, 0.2) is 66.7 Å². The molecule has 1 saturated carbocycles. The van der Waals surface area contributed by atoms with Gasteiger partial charge < -0.3 is 9.64 Å². The Kier molecular flexibility index (Phi) is 7.48. The SMILES string of the molecule is CN(C)C(=O)c1ccc(-c2ccc(C(F)(F)F)cc2)c(COc2ccc(C3CCCCC3)cc2)c1. The van der Waals surface area contributed by atoms with Crippen molar-refractivity contribution < 1.29 is 22.7 Å². The zero-order valence-corrected chi connectivity index (χ0v) is 20.1. The Morgan fingerprint density at radius 3 is 2.17 bits per heavy atom. The normalized spacial score (nSPS) is 14.5. The first-order valence-electron chi connectivity index (χ1n) is 12.0. The van der Waals surface area contributed by atoms with E-state index in [4.69, 9.17) is 4.74 Å². The van der Waals surface area contributed by atoms with Crippen LogP contribution in [0.3, 0.4) is 0 Å². The number of nitrogens with zero attached hydrogens (tertiary/aromatic N) is 1. The number of ether oxygens (including phenoxy) is 1. The highest BCUT2D eigenvalue weighted by Crippen LogP contribution is 2.34. The van der Waals surface area contributed by atoms with Gasteiger partial charge in [0.25, 0.3) is 5.91 Å². The quantitative estimate of drug-likeness (QED) is 0.361. The van der Waals surface area contributed by atoms with E-state index in [1.165, 1.54) is 54.7 Å². The van der Waals surface area contributed by atoms with Gasteiger partial charge in [0.05, 0.1) is 5.56 Å². The molecule has 0 heterocycles. The molecule has 184 valence electrons. The van der Waals surface area contributed by atoms with Crippen molar-refractivity contribution in [3.05, 3.63) is 89.0 Å². The topological polar surface area (TPSA) is 29.5 Å². The summed E-state index contributed by atoms with van der Waals surface area (Å²) in [4.78, 5) is 14.0. The number of carbonyl (C=O) groups excluding carboxylic acids is 1. The molecule has 0 bridgehead atoms. The molecule has 1 amide bonds. The molecule has 3 aromatic carbocycles. The minimum atomic E-state index is -4.39. The van der Waals surface area contributed by atoms with Crippen molar-refractivity contribution in [1.82, 2.24) is 4.90 Å². The summed E-state index contributed by atoms with van der Waals surface area (Å²) in [6.07, 6.45) is 1.92. The highest BCUT2D eigenvalue weighted by Gasteiger charge is 2.30. The molecule has 0 saturated heterocycles. The molecule has 4 rings (SSSR count). The summed E-state index contributed by atoms with van der Waals surface area (Å²) < 4.78 is 45.1. The van der Waals surface area contributed by atoms with Crippen molar-refractivity contribution in [2.24, 2.45) is 0 Å². The fourth-order valence-corrected chi connectivity index (χ4v) is 4.66. The summed E-state index contributed by atoms with van der Waals surface area (Å²) in [6, 6.07) is 18.4. The highest BCUT2D eigenvalue weighted by atomic mass is 19.4. The molecule has 0 N–H and O–H groups in total. The van der Waals surface area contributed by atoms with Crippen LogP contribution in [0.5, 0.6) is 5.75 Å². The molecule has 0 aliphatic heterocycles. The lowest BCUT2D eigenvalue weighted by Crippen LogP contribution is -2.21. The smallest absolute Gasteiger partial charge is 0.416 e. The second kappa shape index (κ2) is 10.5. The molecule has 6 heteroatoms. The molecule has 0 aromatic heterocycles. The van der Waals surface area contributed by atoms with Crippen molar-refractivity contribution >= 4 is 5.91 Å². The van der Waals surface area contributed by atoms with Gasteiger partial charge in [-0.05, 0) is 77.4 Å². The molecule has 1 fully saturated rings. The van der Waals surface area contributed by atoms with Crippen LogP contribution < -0.4 is 4.74 Å². The first-order chi connectivity index (χ1) is 16.7. The second-order valence-electron chi connectivity index (χ2n) is 9.34. The lowest BCUT2D eigenvalue weighted by Gasteiger charge is -2.22. The Morgan fingerprint density at radius 2 is 1.57 bits per heavy atom. The summed E-state index contributed by atoms with van der Waals surface area (Å²) in [5, 5.41) is 0. The lowest BCUT2D eigenvalue weighted by atomic mass is 9.84. The van der Waals surface area contributed by atoms with E-state index in [2.05, 4.69) is 12.1 Å². The van der Waals surface area contributed by atoms with Gasteiger partial charge in [-0.1, -0.05) is 49.6 Å². The highest BCUT2D eigenvalue weighted by molar-refractivity contribution is 5.94. The number of carbonyl (C=O) groups is 1. The van der Waals surface area contributed by atoms with Crippen molar-refractivity contribution in [3.63, 3.8) is 0 Å². The van der Waals surface area contributed by atoms with Crippen LogP contribution in [-0.2, 0) is 12.8 Å². The predicted octanol–water partition coefficient (Wildman–Crippen LogP) is 7.70. The van der Waals surface area contributed by atoms with Gasteiger partial charge in [-0.2, -0.15) is 13.2 Å². The van der Waals surface area contributed by atoms with Gasteiger partial charge in [0.15, 0.2) is 0 Å². The van der Waals surface area contributed by atoms with E-state index in [0.29, 0.717) is 22.8 Å². The van der Waals surface area contributed by atoms with Crippen molar-refractivity contribution in [2.45, 2.75) is 50.8 Å². The van der Waals surface area contributed by atoms with Crippen LogP contribution in [0.25, 0.3) is 11.1 Å². The summed E-state index contributed by atoms with van der Waals surface area (Å²) in [7, 11) is 3.35. The van der Waals surface area contributed by atoms with Gasteiger partial charge in [0, 0.05) is 19.7 Å². The van der Waals surface area contributed by atoms with Gasteiger partial charge >= 0.3 is 6.18 Å². The maximum absolute atomic E-state index is 13.0. The van der Waals surface area contributed by atoms with Crippen LogP contribution >= 0.6 is 0 Å². The fraction of sp³-hybridized carbons (Fsp3) is 0.345. The van der Waals surface area contributed by atoms with Crippen LogP contribution in [0.4, 0.5) is 13.2 Å². The van der Waals surface area contributed by atoms with Gasteiger partial charge in [0.1, 0.15) is 12.4 Å². The summed E-state index contributed by atoms with van der Waals surface area (Å²) in [5.41, 5.74) is 3.23. The van der Waals surface area contributed by atoms with Gasteiger partial charge in [-0.3, -0.25) is 4.79 Å². The number of amides is 1. The largest absolute Gasteiger partial charge is 0.489 e. The average Bonchev–Trinajstić information content (AvgIpc) is 2.87. The molecular formula is C29H30F3NO2. The Labute approximate surface area is 204 Å². The van der Waals surface area contributed by atoms with Crippen LogP contribution in [0.1, 0.15) is 65.1 Å². The molecule has 0 spiro atoms. The Morgan fingerprint density at radius 1 is 0.914 bits per heavy atom. The first-order valence-corrected chi connectivity index (χ1v) is 12.0. The van der Waals surface area contributed by atoms with E-state index in [-0.39, 0.29) is 12.5 Å². The van der Waals surface area contributed by atoms with E-state index in [1.54, 1.807) is 32.3 Å². The van der Waals surface area contributed by atoms with Crippen LogP contribution in [-0.4, -0.2) is 24.9 Å². The number of benzene rings is 3. The van der Waals surface area contributed by atoms with Crippen molar-refractivity contribution in [1.29, 1.82) is 0 Å². The van der Waals surface area contributed by atoms with Gasteiger partial charge in [-0.15, -0.1) is 0 Å². The van der Waals surface area contributed by atoms with E-state index in [9.17, 15) is 18.0 Å². The minimum absolute atomic E-state index is 0.151. The third-order valence-electron chi connectivity index (χ3n) is 6.63. The molecule has 1 aliphatic rings. The van der Waals surface area contributed by atoms with E-state index < -0.39 is 11.7 Å². The maximum atomic E-state index is 13.0. The molecule has 35 heavy (non-hydrogen) atoms. The predicted molar refractivity (Wildman–Crippen MR) is 131 cm³/mol. The number of alkyl halides is 3. The molecule has 3 nitrogen and oxygen atoms in total. The average molecular weight is 482 g/mol. The minimum Gasteiger partial charge on any atom is -0.489 e. The lowest BCUT2D eigenvalue weighted by molar-refractivity contribution is -0.137. The molecule has 3 aromatic rings. The Balaban J connectivity index is 1.57. The monoisotopic (exact) mass is 481 g/mol. The first kappa shape index (κ1) is 24.8. The van der Waals surface area contributed by atoms with E-state index in [1.807, 2.05) is 12.1 Å². The molecule has 1 aliphatic carbocycles. The number of rotatable bonds is 6. The van der Waals surface area contributed by atoms with E-state index in [0.717, 1.165) is 23.3 Å². The second-order valence-corrected chi connectivity index (χ2v) is 9.34. The number of hydrogen-bond donors (Lipinski definition) is 0. The van der Waals surface area contributed by atoms with Gasteiger partial charge in [-0.25, -0.2) is 0 Å². The molecule has 0 atom stereocenters. The Bertz CT molecular complexity index is 1150. The van der Waals surface area contributed by atoms with Crippen LogP contribution in [0.2, 0.25) is 0 Å². The number of halogens is 3. The third kappa shape index (κ3) is 6.05. The zero-order chi connectivity index (χ0) is 25.0. The molecular weight excluding hydrogens is 451 g/mol. The fourth-order valence-electron chi connectivity index (χ4n) is 4.66. The zero-order valence-electron chi connectivity index (χ0n) is 20.1. The third-order valence-corrected chi connectivity index (χ3v) is 6.63. The standard InChI is InChI=1S/C29H30F3NO2/c1-33(2)28(34)23-12-17-27(22-8-13-25(14-9-22)29(30,31)32)24(18-23)19-35-26-15-10-21(11-16-26)20-6-4-3-5-7-20/h8-18,20H,3-7,19H2,1-2H3. The molecule has 0 radical (unpaired) electrons. The van der Waals surface area contributed by atoms with Crippen LogP contribution in [0, 0.1) is 0 Å². The van der Waals surface area contributed by atoms with E-state index >= 15 is 0 Å². The van der Waals surface area contributed by atoms with Crippen molar-refractivity contribution in [2.75, 3.05) is 14.1 Å². The maximum Gasteiger partial charge on any atom is 0.416 e. The Hall–Kier alpha value is -3.28. The van der Waals surface area contributed by atoms with Gasteiger partial charge in [0.2, 0.25) is 0 Å². The summed E-state index contributed by atoms with van der Waals surface area (Å²) in [5.74, 6) is 1.17. The summed E-state index contributed by atoms with van der Waals surface area (Å²) >= 11 is 0.